The molecule has 400 valence electrons. The number of amides is 7. The molecule has 24 heteroatoms. The molecule has 71 heavy (non-hydrogen) atoms. The van der Waals surface area contributed by atoms with Crippen LogP contribution >= 0.6 is 0 Å². The van der Waals surface area contributed by atoms with Gasteiger partial charge in [-0.3, -0.25) is 43.3 Å². The van der Waals surface area contributed by atoms with Crippen LogP contribution in [0.1, 0.15) is 111 Å². The summed E-state index contributed by atoms with van der Waals surface area (Å²) in [5, 5.41) is 37.6. The van der Waals surface area contributed by atoms with Crippen molar-refractivity contribution in [3.8, 4) is 0 Å². The van der Waals surface area contributed by atoms with Gasteiger partial charge in [-0.1, -0.05) is 78.3 Å². The van der Waals surface area contributed by atoms with Crippen LogP contribution in [0.3, 0.4) is 0 Å². The van der Waals surface area contributed by atoms with Crippen LogP contribution in [0.4, 0.5) is 0 Å². The lowest BCUT2D eigenvalue weighted by Crippen LogP contribution is -2.61. The van der Waals surface area contributed by atoms with Crippen LogP contribution in [0, 0.1) is 17.8 Å². The number of carboxylic acid groups (broad SMARTS) is 2. The molecule has 0 heterocycles. The molecule has 8 atom stereocenters. The second kappa shape index (κ2) is 33.2. The minimum atomic E-state index is -1.80. The highest BCUT2D eigenvalue weighted by molar-refractivity contribution is 5.98. The molecule has 0 saturated heterocycles. The molecule has 0 radical (unpaired) electrons. The van der Waals surface area contributed by atoms with Crippen LogP contribution in [0.15, 0.2) is 35.3 Å². The molecule has 0 aliphatic rings. The lowest BCUT2D eigenvalue weighted by atomic mass is 9.98. The summed E-state index contributed by atoms with van der Waals surface area (Å²) in [6.07, 6.45) is 1.38. The molecule has 7 amide bonds. The normalized spacial score (nSPS) is 14.6. The standard InChI is InChI=1S/C47H81N13O11/c1-26(2)23-35(46(70)71)58-41(65)31(18-11-13-21-49)54-43(67)34(25-36(61)62)57-42(66)33(24-29-15-8-7-9-16-29)56-40(64)32(19-14-22-53-47(51)52)55-44(68)37(27(3)4)60-45(69)38(28(5)6)59-39(63)30(50)17-10-12-20-48/h7-9,15-16,26-28,30-35,37-38H,10-14,17-25,48-50H2,1-6H3,(H,54,67)(H,55,68)(H,56,64)(H,57,66)(H,58,65)(H,59,63)(H,60,69)(H,61,62)(H,70,71)(H4,51,52,53). The first kappa shape index (κ1) is 62.6. The number of nitrogens with one attached hydrogen (secondary N) is 7. The van der Waals surface area contributed by atoms with Crippen LogP contribution in [0.25, 0.3) is 0 Å². The Bertz CT molecular complexity index is 1920. The second-order valence-electron chi connectivity index (χ2n) is 18.6. The van der Waals surface area contributed by atoms with Crippen LogP contribution in [-0.4, -0.2) is 137 Å². The molecule has 24 nitrogen and oxygen atoms in total. The lowest BCUT2D eigenvalue weighted by molar-refractivity contribution is -0.143. The number of benzene rings is 1. The molecule has 1 rings (SSSR count). The maximum atomic E-state index is 14.3. The molecule has 0 spiro atoms. The summed E-state index contributed by atoms with van der Waals surface area (Å²) in [7, 11) is 0. The van der Waals surface area contributed by atoms with Gasteiger partial charge in [0, 0.05) is 13.0 Å². The van der Waals surface area contributed by atoms with Crippen LogP contribution in [0.2, 0.25) is 0 Å². The van der Waals surface area contributed by atoms with Gasteiger partial charge in [-0.05, 0) is 87.8 Å². The van der Waals surface area contributed by atoms with Crippen LogP contribution in [-0.2, 0) is 49.6 Å². The van der Waals surface area contributed by atoms with Crippen LogP contribution in [0.5, 0.6) is 0 Å². The zero-order chi connectivity index (χ0) is 53.8. The Balaban J connectivity index is 3.58. The first-order valence-electron chi connectivity index (χ1n) is 24.2. The molecule has 8 unspecified atom stereocenters. The number of hydrogen-bond acceptors (Lipinski definition) is 13. The predicted octanol–water partition coefficient (Wildman–Crippen LogP) is -1.82. The van der Waals surface area contributed by atoms with Crippen molar-refractivity contribution in [3.05, 3.63) is 35.9 Å². The lowest BCUT2D eigenvalue weighted by Gasteiger charge is -2.29. The van der Waals surface area contributed by atoms with Gasteiger partial charge >= 0.3 is 11.9 Å². The zero-order valence-electron chi connectivity index (χ0n) is 42.0. The Morgan fingerprint density at radius 1 is 0.535 bits per heavy atom. The number of aliphatic carboxylic acids is 2. The van der Waals surface area contributed by atoms with E-state index in [-0.39, 0.29) is 57.1 Å². The molecule has 0 aliphatic carbocycles. The fraction of sp³-hybridized carbons (Fsp3) is 0.660. The van der Waals surface area contributed by atoms with Crippen molar-refractivity contribution >= 4 is 59.2 Å². The van der Waals surface area contributed by atoms with Crippen molar-refractivity contribution in [2.45, 2.75) is 161 Å². The average molecular weight is 1000 g/mol. The molecule has 0 fully saturated rings. The zero-order valence-corrected chi connectivity index (χ0v) is 42.0. The number of rotatable bonds is 35. The number of hydrogen-bond donors (Lipinski definition) is 14. The summed E-state index contributed by atoms with van der Waals surface area (Å²) >= 11 is 0. The minimum Gasteiger partial charge on any atom is -0.481 e. The van der Waals surface area contributed by atoms with E-state index in [0.29, 0.717) is 44.2 Å². The van der Waals surface area contributed by atoms with Crippen molar-refractivity contribution in [1.29, 1.82) is 0 Å². The third kappa shape index (κ3) is 24.8. The van der Waals surface area contributed by atoms with Crippen molar-refractivity contribution in [3.63, 3.8) is 0 Å². The molecule has 19 N–H and O–H groups in total. The third-order valence-electron chi connectivity index (χ3n) is 11.2. The van der Waals surface area contributed by atoms with Gasteiger partial charge in [-0.15, -0.1) is 0 Å². The van der Waals surface area contributed by atoms with E-state index in [9.17, 15) is 53.4 Å². The second-order valence-corrected chi connectivity index (χ2v) is 18.6. The summed E-state index contributed by atoms with van der Waals surface area (Å²) in [4.78, 5) is 125. The topological polar surface area (TPSA) is 421 Å². The van der Waals surface area contributed by atoms with Gasteiger partial charge in [-0.25, -0.2) is 4.79 Å². The summed E-state index contributed by atoms with van der Waals surface area (Å²) < 4.78 is 0. The minimum absolute atomic E-state index is 0.000400. The molecule has 0 bridgehead atoms. The van der Waals surface area contributed by atoms with Gasteiger partial charge in [0.2, 0.25) is 41.4 Å². The number of nitrogens with two attached hydrogens (primary N) is 5. The number of guanidine groups is 1. The first-order valence-corrected chi connectivity index (χ1v) is 24.2. The van der Waals surface area contributed by atoms with E-state index in [2.05, 4.69) is 42.2 Å². The number of unbranched alkanes of at least 4 members (excludes halogenated alkanes) is 2. The largest absolute Gasteiger partial charge is 0.481 e. The Labute approximate surface area is 416 Å². The molecule has 1 aromatic rings. The van der Waals surface area contributed by atoms with Gasteiger partial charge in [0.05, 0.1) is 12.5 Å². The number of carboxylic acids is 2. The molecule has 1 aromatic carbocycles. The SMILES string of the molecule is CC(C)CC(NC(=O)C(CCCCN)NC(=O)C(CC(=O)O)NC(=O)C(Cc1ccccc1)NC(=O)C(CCCN=C(N)N)NC(=O)C(NC(=O)C(NC(=O)C(N)CCCCN)C(C)C)C(C)C)C(=O)O. The predicted molar refractivity (Wildman–Crippen MR) is 266 cm³/mol. The van der Waals surface area contributed by atoms with E-state index >= 15 is 0 Å². The van der Waals surface area contributed by atoms with Crippen molar-refractivity contribution in [2.24, 2.45) is 51.4 Å². The highest BCUT2D eigenvalue weighted by Gasteiger charge is 2.36. The van der Waals surface area contributed by atoms with E-state index in [4.69, 9.17) is 28.7 Å². The Morgan fingerprint density at radius 3 is 1.46 bits per heavy atom. The summed E-state index contributed by atoms with van der Waals surface area (Å²) in [6.45, 7) is 11.0. The number of nitrogens with zero attached hydrogens (tertiary/aromatic N) is 1. The van der Waals surface area contributed by atoms with E-state index < -0.39 is 120 Å². The van der Waals surface area contributed by atoms with Gasteiger partial charge in [0.15, 0.2) is 5.96 Å². The maximum absolute atomic E-state index is 14.3. The Morgan fingerprint density at radius 2 is 0.972 bits per heavy atom. The fourth-order valence-corrected chi connectivity index (χ4v) is 7.23. The monoisotopic (exact) mass is 1000 g/mol. The molecular weight excluding hydrogens is 923 g/mol. The summed E-state index contributed by atoms with van der Waals surface area (Å²) in [5.74, 6) is -9.93. The quantitative estimate of drug-likeness (QED) is 0.0202. The first-order chi connectivity index (χ1) is 33.4. The van der Waals surface area contributed by atoms with E-state index in [0.717, 1.165) is 0 Å². The Kier molecular flexibility index (Phi) is 29.3. The van der Waals surface area contributed by atoms with E-state index in [1.165, 1.54) is 0 Å². The molecular formula is C47H81N13O11. The molecule has 0 aliphatic heterocycles. The average Bonchev–Trinajstić information content (AvgIpc) is 3.29. The van der Waals surface area contributed by atoms with Crippen molar-refractivity contribution in [2.75, 3.05) is 19.6 Å². The van der Waals surface area contributed by atoms with Gasteiger partial charge in [0.1, 0.15) is 42.3 Å². The highest BCUT2D eigenvalue weighted by Crippen LogP contribution is 2.13. The highest BCUT2D eigenvalue weighted by atomic mass is 16.4. The van der Waals surface area contributed by atoms with Gasteiger partial charge in [-0.2, -0.15) is 0 Å². The maximum Gasteiger partial charge on any atom is 0.326 e. The van der Waals surface area contributed by atoms with Crippen LogP contribution < -0.4 is 65.9 Å². The fourth-order valence-electron chi connectivity index (χ4n) is 7.23. The third-order valence-corrected chi connectivity index (χ3v) is 11.2. The smallest absolute Gasteiger partial charge is 0.326 e. The van der Waals surface area contributed by atoms with Crippen molar-refractivity contribution in [1.82, 2.24) is 37.2 Å². The van der Waals surface area contributed by atoms with E-state index in [1.54, 1.807) is 71.9 Å². The number of carbonyl (C=O) groups is 9. The summed E-state index contributed by atoms with van der Waals surface area (Å²) in [6, 6.07) is -2.15. The van der Waals surface area contributed by atoms with E-state index in [1.807, 2.05) is 0 Å². The number of carbonyl (C=O) groups excluding carboxylic acids is 7. The van der Waals surface area contributed by atoms with Gasteiger partial charge < -0.3 is 76.1 Å². The summed E-state index contributed by atoms with van der Waals surface area (Å²) in [5.41, 5.74) is 28.8. The molecule has 0 aromatic heterocycles. The number of aliphatic imine (C=N–C) groups is 1. The van der Waals surface area contributed by atoms with Crippen molar-refractivity contribution < 1.29 is 53.4 Å². The molecule has 0 saturated carbocycles. The Hall–Kier alpha value is -6.40. The van der Waals surface area contributed by atoms with Gasteiger partial charge in [0.25, 0.3) is 0 Å².